The molecular formula is C12H19N3O3. The smallest absolute Gasteiger partial charge is 0.326 e. The molecule has 0 aliphatic carbocycles. The van der Waals surface area contributed by atoms with Gasteiger partial charge in [-0.25, -0.2) is 4.79 Å². The second-order valence-electron chi connectivity index (χ2n) is 4.27. The molecule has 0 unspecified atom stereocenters. The van der Waals surface area contributed by atoms with E-state index in [0.29, 0.717) is 13.0 Å². The van der Waals surface area contributed by atoms with E-state index in [-0.39, 0.29) is 12.3 Å². The molecule has 100 valence electrons. The number of nitrogens with one attached hydrogen (secondary N) is 1. The molecule has 0 saturated heterocycles. The van der Waals surface area contributed by atoms with Gasteiger partial charge in [-0.05, 0) is 26.3 Å². The molecule has 2 N–H and O–H groups in total. The SMILES string of the molecule is CC[C@H](NC(=O)CCn1nc(C)cc1C)C(=O)O. The molecule has 0 saturated carbocycles. The summed E-state index contributed by atoms with van der Waals surface area (Å²) in [5, 5.41) is 15.5. The van der Waals surface area contributed by atoms with Crippen LogP contribution in [0.4, 0.5) is 0 Å². The lowest BCUT2D eigenvalue weighted by Crippen LogP contribution is -2.40. The van der Waals surface area contributed by atoms with Crippen molar-refractivity contribution in [3.05, 3.63) is 17.5 Å². The maximum absolute atomic E-state index is 11.6. The van der Waals surface area contributed by atoms with Crippen molar-refractivity contribution in [1.82, 2.24) is 15.1 Å². The van der Waals surface area contributed by atoms with Crippen molar-refractivity contribution in [2.24, 2.45) is 0 Å². The molecule has 1 atom stereocenters. The molecule has 0 bridgehead atoms. The maximum Gasteiger partial charge on any atom is 0.326 e. The average molecular weight is 253 g/mol. The van der Waals surface area contributed by atoms with Crippen LogP contribution in [-0.4, -0.2) is 32.8 Å². The minimum atomic E-state index is -1.00. The zero-order chi connectivity index (χ0) is 13.7. The summed E-state index contributed by atoms with van der Waals surface area (Å²) >= 11 is 0. The predicted molar refractivity (Wildman–Crippen MR) is 66.2 cm³/mol. The van der Waals surface area contributed by atoms with Crippen molar-refractivity contribution in [2.45, 2.75) is 46.2 Å². The van der Waals surface area contributed by atoms with Gasteiger partial charge in [0.1, 0.15) is 6.04 Å². The van der Waals surface area contributed by atoms with Crippen LogP contribution in [-0.2, 0) is 16.1 Å². The molecular weight excluding hydrogens is 234 g/mol. The van der Waals surface area contributed by atoms with E-state index in [9.17, 15) is 9.59 Å². The Morgan fingerprint density at radius 1 is 1.50 bits per heavy atom. The fourth-order valence-electron chi connectivity index (χ4n) is 1.71. The van der Waals surface area contributed by atoms with E-state index in [0.717, 1.165) is 11.4 Å². The number of hydrogen-bond acceptors (Lipinski definition) is 3. The van der Waals surface area contributed by atoms with Crippen LogP contribution in [0, 0.1) is 13.8 Å². The Morgan fingerprint density at radius 2 is 2.17 bits per heavy atom. The van der Waals surface area contributed by atoms with Gasteiger partial charge in [0.05, 0.1) is 5.69 Å². The van der Waals surface area contributed by atoms with Crippen LogP contribution in [0.5, 0.6) is 0 Å². The van der Waals surface area contributed by atoms with Crippen LogP contribution < -0.4 is 5.32 Å². The van der Waals surface area contributed by atoms with E-state index >= 15 is 0 Å². The Kier molecular flexibility index (Phi) is 4.88. The van der Waals surface area contributed by atoms with E-state index in [1.165, 1.54) is 0 Å². The minimum absolute atomic E-state index is 0.228. The van der Waals surface area contributed by atoms with E-state index in [1.54, 1.807) is 11.6 Å². The first-order chi connectivity index (χ1) is 8.43. The van der Waals surface area contributed by atoms with Gasteiger partial charge in [-0.2, -0.15) is 5.10 Å². The molecule has 1 amide bonds. The molecule has 0 fully saturated rings. The summed E-state index contributed by atoms with van der Waals surface area (Å²) in [6.45, 7) is 5.99. The summed E-state index contributed by atoms with van der Waals surface area (Å²) in [4.78, 5) is 22.4. The summed E-state index contributed by atoms with van der Waals surface area (Å²) in [5.41, 5.74) is 1.90. The molecule has 0 aliphatic heterocycles. The third kappa shape index (κ3) is 3.87. The number of amides is 1. The van der Waals surface area contributed by atoms with E-state index in [1.807, 2.05) is 19.9 Å². The van der Waals surface area contributed by atoms with Gasteiger partial charge in [0, 0.05) is 18.7 Å². The number of aromatic nitrogens is 2. The molecule has 1 aromatic heterocycles. The maximum atomic E-state index is 11.6. The number of nitrogens with zero attached hydrogens (tertiary/aromatic N) is 2. The second-order valence-corrected chi connectivity index (χ2v) is 4.27. The lowest BCUT2D eigenvalue weighted by atomic mass is 10.2. The standard InChI is InChI=1S/C12H19N3O3/c1-4-10(12(17)18)13-11(16)5-6-15-9(3)7-8(2)14-15/h7,10H,4-6H2,1-3H3,(H,13,16)(H,17,18)/t10-/m0/s1. The highest BCUT2D eigenvalue weighted by atomic mass is 16.4. The van der Waals surface area contributed by atoms with Crippen LogP contribution >= 0.6 is 0 Å². The van der Waals surface area contributed by atoms with Gasteiger partial charge in [0.15, 0.2) is 0 Å². The number of carbonyl (C=O) groups excluding carboxylic acids is 1. The largest absolute Gasteiger partial charge is 0.480 e. The fourth-order valence-corrected chi connectivity index (χ4v) is 1.71. The molecule has 1 heterocycles. The quantitative estimate of drug-likeness (QED) is 0.787. The first-order valence-corrected chi connectivity index (χ1v) is 5.97. The van der Waals surface area contributed by atoms with Gasteiger partial charge >= 0.3 is 5.97 Å². The highest BCUT2D eigenvalue weighted by Gasteiger charge is 2.17. The first kappa shape index (κ1) is 14.2. The summed E-state index contributed by atoms with van der Waals surface area (Å²) in [6.07, 6.45) is 0.604. The van der Waals surface area contributed by atoms with Crippen LogP contribution in [0.25, 0.3) is 0 Å². The predicted octanol–water partition coefficient (Wildman–Crippen LogP) is 0.869. The summed E-state index contributed by atoms with van der Waals surface area (Å²) in [5.74, 6) is -1.27. The molecule has 1 rings (SSSR count). The Bertz CT molecular complexity index is 440. The zero-order valence-corrected chi connectivity index (χ0v) is 10.9. The number of aryl methyl sites for hydroxylation is 3. The van der Waals surface area contributed by atoms with E-state index < -0.39 is 12.0 Å². The molecule has 0 spiro atoms. The van der Waals surface area contributed by atoms with Gasteiger partial charge < -0.3 is 10.4 Å². The van der Waals surface area contributed by atoms with Crippen molar-refractivity contribution < 1.29 is 14.7 Å². The van der Waals surface area contributed by atoms with Gasteiger partial charge in [0.25, 0.3) is 0 Å². The second kappa shape index (κ2) is 6.18. The topological polar surface area (TPSA) is 84.2 Å². The van der Waals surface area contributed by atoms with Crippen molar-refractivity contribution in [3.8, 4) is 0 Å². The van der Waals surface area contributed by atoms with E-state index in [2.05, 4.69) is 10.4 Å². The highest BCUT2D eigenvalue weighted by molar-refractivity contribution is 5.83. The van der Waals surface area contributed by atoms with Gasteiger partial charge in [-0.3, -0.25) is 9.48 Å². The number of carboxylic acids is 1. The molecule has 6 heteroatoms. The number of hydrogen-bond donors (Lipinski definition) is 2. The van der Waals surface area contributed by atoms with Crippen LogP contribution in [0.2, 0.25) is 0 Å². The fraction of sp³-hybridized carbons (Fsp3) is 0.583. The zero-order valence-electron chi connectivity index (χ0n) is 10.9. The first-order valence-electron chi connectivity index (χ1n) is 5.97. The molecule has 0 radical (unpaired) electrons. The summed E-state index contributed by atoms with van der Waals surface area (Å²) in [7, 11) is 0. The van der Waals surface area contributed by atoms with Crippen LogP contribution in [0.1, 0.15) is 31.2 Å². The number of carboxylic acid groups (broad SMARTS) is 1. The van der Waals surface area contributed by atoms with Crippen molar-refractivity contribution in [3.63, 3.8) is 0 Å². The molecule has 18 heavy (non-hydrogen) atoms. The van der Waals surface area contributed by atoms with Crippen LogP contribution in [0.15, 0.2) is 6.07 Å². The lowest BCUT2D eigenvalue weighted by Gasteiger charge is -2.12. The lowest BCUT2D eigenvalue weighted by molar-refractivity contribution is -0.141. The highest BCUT2D eigenvalue weighted by Crippen LogP contribution is 2.03. The Hall–Kier alpha value is -1.85. The normalized spacial score (nSPS) is 12.2. The minimum Gasteiger partial charge on any atom is -0.480 e. The summed E-state index contributed by atoms with van der Waals surface area (Å²) < 4.78 is 1.75. The third-order valence-corrected chi connectivity index (χ3v) is 2.70. The van der Waals surface area contributed by atoms with Gasteiger partial charge in [-0.1, -0.05) is 6.92 Å². The molecule has 1 aromatic rings. The molecule has 0 aromatic carbocycles. The Balaban J connectivity index is 2.46. The average Bonchev–Trinajstić information content (AvgIpc) is 2.61. The summed E-state index contributed by atoms with van der Waals surface area (Å²) in [6, 6.07) is 1.13. The monoisotopic (exact) mass is 253 g/mol. The molecule has 6 nitrogen and oxygen atoms in total. The number of carbonyl (C=O) groups is 2. The van der Waals surface area contributed by atoms with Crippen molar-refractivity contribution >= 4 is 11.9 Å². The Morgan fingerprint density at radius 3 is 2.61 bits per heavy atom. The van der Waals surface area contributed by atoms with Crippen molar-refractivity contribution in [2.75, 3.05) is 0 Å². The third-order valence-electron chi connectivity index (χ3n) is 2.70. The van der Waals surface area contributed by atoms with Crippen LogP contribution in [0.3, 0.4) is 0 Å². The number of aliphatic carboxylic acids is 1. The van der Waals surface area contributed by atoms with Crippen molar-refractivity contribution in [1.29, 1.82) is 0 Å². The Labute approximate surface area is 106 Å². The van der Waals surface area contributed by atoms with Gasteiger partial charge in [-0.15, -0.1) is 0 Å². The van der Waals surface area contributed by atoms with E-state index in [4.69, 9.17) is 5.11 Å². The number of rotatable bonds is 6. The van der Waals surface area contributed by atoms with Gasteiger partial charge in [0.2, 0.25) is 5.91 Å². The molecule has 0 aliphatic rings.